The van der Waals surface area contributed by atoms with Gasteiger partial charge in [-0.25, -0.2) is 0 Å². The van der Waals surface area contributed by atoms with Crippen LogP contribution >= 0.6 is 0 Å². The van der Waals surface area contributed by atoms with Crippen LogP contribution in [-0.2, 0) is 9.53 Å². The Morgan fingerprint density at radius 1 is 1.00 bits per heavy atom. The van der Waals surface area contributed by atoms with Crippen LogP contribution in [0.2, 0.25) is 0 Å². The molecule has 0 aliphatic heterocycles. The summed E-state index contributed by atoms with van der Waals surface area (Å²) in [5.41, 5.74) is 0. The van der Waals surface area contributed by atoms with Gasteiger partial charge < -0.3 is 4.74 Å². The Morgan fingerprint density at radius 3 is 2.25 bits per heavy atom. The minimum Gasteiger partial charge on any atom is -0.465 e. The lowest BCUT2D eigenvalue weighted by Gasteiger charge is -2.10. The molecule has 0 bridgehead atoms. The van der Waals surface area contributed by atoms with Gasteiger partial charge in [-0.1, -0.05) is 59.3 Å². The summed E-state index contributed by atoms with van der Waals surface area (Å²) in [5, 5.41) is 0. The zero-order chi connectivity index (χ0) is 12.2. The van der Waals surface area contributed by atoms with Gasteiger partial charge in [-0.3, -0.25) is 4.79 Å². The molecule has 0 spiro atoms. The lowest BCUT2D eigenvalue weighted by molar-refractivity contribution is -0.148. The normalized spacial score (nSPS) is 12.4. The average molecular weight is 228 g/mol. The van der Waals surface area contributed by atoms with Crippen LogP contribution in [0.3, 0.4) is 0 Å². The van der Waals surface area contributed by atoms with Crippen molar-refractivity contribution in [1.29, 1.82) is 0 Å². The number of unbranched alkanes of at least 4 members (excludes halogenated alkanes) is 5. The molecule has 0 rings (SSSR count). The smallest absolute Gasteiger partial charge is 0.308 e. The number of rotatable bonds is 10. The molecule has 0 aliphatic rings. The lowest BCUT2D eigenvalue weighted by Crippen LogP contribution is -2.15. The predicted molar refractivity (Wildman–Crippen MR) is 68.4 cm³/mol. The van der Waals surface area contributed by atoms with Crippen molar-refractivity contribution < 1.29 is 9.53 Å². The highest BCUT2D eigenvalue weighted by Crippen LogP contribution is 2.10. The molecule has 0 heterocycles. The molecule has 0 saturated carbocycles. The van der Waals surface area contributed by atoms with E-state index in [-0.39, 0.29) is 11.9 Å². The van der Waals surface area contributed by atoms with Crippen molar-refractivity contribution in [2.45, 2.75) is 72.1 Å². The average Bonchev–Trinajstić information content (AvgIpc) is 2.30. The van der Waals surface area contributed by atoms with Gasteiger partial charge in [0.25, 0.3) is 0 Å². The molecule has 1 unspecified atom stereocenters. The van der Waals surface area contributed by atoms with Crippen molar-refractivity contribution in [3.63, 3.8) is 0 Å². The molecule has 0 amide bonds. The summed E-state index contributed by atoms with van der Waals surface area (Å²) in [6.45, 7) is 6.93. The van der Waals surface area contributed by atoms with E-state index in [4.69, 9.17) is 4.74 Å². The fourth-order valence-electron chi connectivity index (χ4n) is 1.65. The standard InChI is InChI=1S/C14H28O2/c1-4-6-8-9-10-12-16-14(15)13(3)11-7-5-2/h13H,4-12H2,1-3H3. The second-order valence-corrected chi connectivity index (χ2v) is 4.62. The highest BCUT2D eigenvalue weighted by atomic mass is 16.5. The Kier molecular flexibility index (Phi) is 10.6. The summed E-state index contributed by atoms with van der Waals surface area (Å²) in [7, 11) is 0. The van der Waals surface area contributed by atoms with E-state index in [1.165, 1.54) is 25.7 Å². The highest BCUT2D eigenvalue weighted by molar-refractivity contribution is 5.71. The largest absolute Gasteiger partial charge is 0.465 e. The summed E-state index contributed by atoms with van der Waals surface area (Å²) in [4.78, 5) is 11.5. The molecule has 0 aromatic rings. The summed E-state index contributed by atoms with van der Waals surface area (Å²) >= 11 is 0. The molecule has 0 saturated heterocycles. The quantitative estimate of drug-likeness (QED) is 0.411. The van der Waals surface area contributed by atoms with Crippen LogP contribution < -0.4 is 0 Å². The van der Waals surface area contributed by atoms with E-state index >= 15 is 0 Å². The Hall–Kier alpha value is -0.530. The third-order valence-corrected chi connectivity index (χ3v) is 2.89. The molecular weight excluding hydrogens is 200 g/mol. The first-order chi connectivity index (χ1) is 7.72. The number of esters is 1. The fourth-order valence-corrected chi connectivity index (χ4v) is 1.65. The molecule has 16 heavy (non-hydrogen) atoms. The molecule has 0 aromatic carbocycles. The van der Waals surface area contributed by atoms with Crippen molar-refractivity contribution in [2.24, 2.45) is 5.92 Å². The fraction of sp³-hybridized carbons (Fsp3) is 0.929. The van der Waals surface area contributed by atoms with Gasteiger partial charge >= 0.3 is 5.97 Å². The lowest BCUT2D eigenvalue weighted by atomic mass is 10.1. The van der Waals surface area contributed by atoms with Crippen molar-refractivity contribution in [3.05, 3.63) is 0 Å². The highest BCUT2D eigenvalue weighted by Gasteiger charge is 2.12. The van der Waals surface area contributed by atoms with Gasteiger partial charge in [0.05, 0.1) is 12.5 Å². The third kappa shape index (κ3) is 8.75. The number of carbonyl (C=O) groups is 1. The summed E-state index contributed by atoms with van der Waals surface area (Å²) in [6.07, 6.45) is 9.25. The van der Waals surface area contributed by atoms with Gasteiger partial charge in [0.1, 0.15) is 0 Å². The van der Waals surface area contributed by atoms with E-state index in [2.05, 4.69) is 13.8 Å². The number of ether oxygens (including phenoxy) is 1. The number of carbonyl (C=O) groups excluding carboxylic acids is 1. The summed E-state index contributed by atoms with van der Waals surface area (Å²) in [5.74, 6) is 0.0690. The molecule has 0 fully saturated rings. The molecule has 0 N–H and O–H groups in total. The van der Waals surface area contributed by atoms with Crippen LogP contribution in [-0.4, -0.2) is 12.6 Å². The van der Waals surface area contributed by atoms with Gasteiger partial charge in [-0.05, 0) is 12.8 Å². The Balaban J connectivity index is 3.35. The van der Waals surface area contributed by atoms with E-state index < -0.39 is 0 Å². The SMILES string of the molecule is CCCCCCCOC(=O)C(C)CCCC. The Morgan fingerprint density at radius 2 is 1.62 bits per heavy atom. The minimum atomic E-state index is -0.0102. The van der Waals surface area contributed by atoms with E-state index in [0.29, 0.717) is 6.61 Å². The molecule has 0 aromatic heterocycles. The zero-order valence-electron chi connectivity index (χ0n) is 11.3. The van der Waals surface area contributed by atoms with Gasteiger partial charge in [-0.15, -0.1) is 0 Å². The van der Waals surface area contributed by atoms with Crippen LogP contribution in [0.4, 0.5) is 0 Å². The maximum Gasteiger partial charge on any atom is 0.308 e. The molecule has 2 heteroatoms. The van der Waals surface area contributed by atoms with Crippen LogP contribution in [0.5, 0.6) is 0 Å². The molecular formula is C14H28O2. The van der Waals surface area contributed by atoms with Gasteiger partial charge in [0, 0.05) is 0 Å². The maximum absolute atomic E-state index is 11.5. The van der Waals surface area contributed by atoms with E-state index in [9.17, 15) is 4.79 Å². The number of hydrogen-bond acceptors (Lipinski definition) is 2. The monoisotopic (exact) mass is 228 g/mol. The zero-order valence-corrected chi connectivity index (χ0v) is 11.3. The summed E-state index contributed by atoms with van der Waals surface area (Å²) < 4.78 is 5.24. The maximum atomic E-state index is 11.5. The van der Waals surface area contributed by atoms with E-state index in [1.54, 1.807) is 0 Å². The summed E-state index contributed by atoms with van der Waals surface area (Å²) in [6, 6.07) is 0. The molecule has 2 nitrogen and oxygen atoms in total. The third-order valence-electron chi connectivity index (χ3n) is 2.89. The molecule has 96 valence electrons. The van der Waals surface area contributed by atoms with Crippen LogP contribution in [0.25, 0.3) is 0 Å². The first-order valence-electron chi connectivity index (χ1n) is 6.89. The number of hydrogen-bond donors (Lipinski definition) is 0. The van der Waals surface area contributed by atoms with Gasteiger partial charge in [-0.2, -0.15) is 0 Å². The predicted octanol–water partition coefficient (Wildman–Crippen LogP) is 4.33. The second-order valence-electron chi connectivity index (χ2n) is 4.62. The van der Waals surface area contributed by atoms with E-state index in [0.717, 1.165) is 25.7 Å². The molecule has 0 radical (unpaired) electrons. The van der Waals surface area contributed by atoms with E-state index in [1.807, 2.05) is 6.92 Å². The molecule has 0 aliphatic carbocycles. The Labute approximate surface area is 101 Å². The van der Waals surface area contributed by atoms with Crippen LogP contribution in [0, 0.1) is 5.92 Å². The van der Waals surface area contributed by atoms with Gasteiger partial charge in [0.15, 0.2) is 0 Å². The van der Waals surface area contributed by atoms with Gasteiger partial charge in [0.2, 0.25) is 0 Å². The van der Waals surface area contributed by atoms with Crippen LogP contribution in [0.15, 0.2) is 0 Å². The van der Waals surface area contributed by atoms with Crippen molar-refractivity contribution in [1.82, 2.24) is 0 Å². The van der Waals surface area contributed by atoms with Crippen molar-refractivity contribution >= 4 is 5.97 Å². The topological polar surface area (TPSA) is 26.3 Å². The second kappa shape index (κ2) is 11.0. The Bertz CT molecular complexity index is 166. The van der Waals surface area contributed by atoms with Crippen molar-refractivity contribution in [3.8, 4) is 0 Å². The molecule has 1 atom stereocenters. The minimum absolute atomic E-state index is 0.0102. The first-order valence-corrected chi connectivity index (χ1v) is 6.89. The van der Waals surface area contributed by atoms with Crippen molar-refractivity contribution in [2.75, 3.05) is 6.61 Å². The van der Waals surface area contributed by atoms with Crippen LogP contribution in [0.1, 0.15) is 72.1 Å². The first kappa shape index (κ1) is 15.5.